The van der Waals surface area contributed by atoms with Gasteiger partial charge in [0.2, 0.25) is 11.7 Å². The molecule has 0 aliphatic carbocycles. The molecule has 0 fully saturated rings. The number of amides is 1. The smallest absolute Gasteiger partial charge is 0.226 e. The molecule has 1 amide bonds. The van der Waals surface area contributed by atoms with Gasteiger partial charge in [0, 0.05) is 7.05 Å². The average molecular weight is 394 g/mol. The number of hydrogen-bond acceptors (Lipinski definition) is 5. The number of carbonyl (C=O) groups excluding carboxylic acids is 1. The summed E-state index contributed by atoms with van der Waals surface area (Å²) in [5.41, 5.74) is 0.772. The van der Waals surface area contributed by atoms with E-state index < -0.39 is 0 Å². The van der Waals surface area contributed by atoms with Crippen molar-refractivity contribution in [3.05, 3.63) is 47.0 Å². The molecule has 6 nitrogen and oxygen atoms in total. The van der Waals surface area contributed by atoms with Crippen LogP contribution in [0, 0.1) is 0 Å². The number of halogens is 1. The number of ether oxygens (including phenoxy) is 4. The fraction of sp³-hybridized carbons (Fsp3) is 0.350. The van der Waals surface area contributed by atoms with E-state index in [1.54, 1.807) is 50.4 Å². The SMILES string of the molecule is COc1cc(CC(=O)N(C)CCOc2ccccc2Cl)cc(OC)c1OC. The predicted octanol–water partition coefficient (Wildman–Crippen LogP) is 3.45. The molecule has 0 heterocycles. The maximum absolute atomic E-state index is 12.5. The first-order chi connectivity index (χ1) is 13.0. The maximum Gasteiger partial charge on any atom is 0.226 e. The van der Waals surface area contributed by atoms with Crippen molar-refractivity contribution in [3.8, 4) is 23.0 Å². The van der Waals surface area contributed by atoms with E-state index in [-0.39, 0.29) is 12.3 Å². The predicted molar refractivity (Wildman–Crippen MR) is 104 cm³/mol. The molecule has 146 valence electrons. The van der Waals surface area contributed by atoms with Gasteiger partial charge in [-0.25, -0.2) is 0 Å². The summed E-state index contributed by atoms with van der Waals surface area (Å²) in [5.74, 6) is 2.09. The van der Waals surface area contributed by atoms with Crippen molar-refractivity contribution < 1.29 is 23.7 Å². The van der Waals surface area contributed by atoms with Crippen molar-refractivity contribution in [1.82, 2.24) is 4.90 Å². The number of carbonyl (C=O) groups is 1. The molecule has 2 aromatic rings. The fourth-order valence-corrected chi connectivity index (χ4v) is 2.72. The number of rotatable bonds is 9. The van der Waals surface area contributed by atoms with Crippen LogP contribution in [-0.4, -0.2) is 52.3 Å². The summed E-state index contributed by atoms with van der Waals surface area (Å²) < 4.78 is 21.6. The first-order valence-corrected chi connectivity index (χ1v) is 8.78. The zero-order valence-electron chi connectivity index (χ0n) is 16.0. The van der Waals surface area contributed by atoms with Crippen molar-refractivity contribution in [3.63, 3.8) is 0 Å². The zero-order valence-corrected chi connectivity index (χ0v) is 16.7. The second-order valence-corrected chi connectivity index (χ2v) is 6.21. The number of benzene rings is 2. The zero-order chi connectivity index (χ0) is 19.8. The van der Waals surface area contributed by atoms with Gasteiger partial charge in [-0.3, -0.25) is 4.79 Å². The Kier molecular flexibility index (Phi) is 7.61. The Labute approximate surface area is 164 Å². The number of para-hydroxylation sites is 1. The quantitative estimate of drug-likeness (QED) is 0.653. The summed E-state index contributed by atoms with van der Waals surface area (Å²) in [6.45, 7) is 0.787. The lowest BCUT2D eigenvalue weighted by Gasteiger charge is -2.19. The molecule has 0 radical (unpaired) electrons. The largest absolute Gasteiger partial charge is 0.493 e. The van der Waals surface area contributed by atoms with Gasteiger partial charge in [-0.05, 0) is 29.8 Å². The standard InChI is InChI=1S/C20H24ClNO5/c1-22(9-10-27-16-8-6-5-7-15(16)21)19(23)13-14-11-17(24-2)20(26-4)18(12-14)25-3/h5-8,11-12H,9-10,13H2,1-4H3. The molecule has 2 aromatic carbocycles. The lowest BCUT2D eigenvalue weighted by molar-refractivity contribution is -0.129. The van der Waals surface area contributed by atoms with Crippen LogP contribution in [0.3, 0.4) is 0 Å². The summed E-state index contributed by atoms with van der Waals surface area (Å²) in [7, 11) is 6.36. The number of methoxy groups -OCH3 is 3. The van der Waals surface area contributed by atoms with Crippen LogP contribution in [0.15, 0.2) is 36.4 Å². The van der Waals surface area contributed by atoms with E-state index in [0.717, 1.165) is 5.56 Å². The lowest BCUT2D eigenvalue weighted by atomic mass is 10.1. The van der Waals surface area contributed by atoms with Crippen LogP contribution in [0.2, 0.25) is 5.02 Å². The highest BCUT2D eigenvalue weighted by molar-refractivity contribution is 6.32. The van der Waals surface area contributed by atoms with E-state index in [1.165, 1.54) is 7.11 Å². The molecule has 0 atom stereocenters. The monoisotopic (exact) mass is 393 g/mol. The number of likely N-dealkylation sites (N-methyl/N-ethyl adjacent to an activating group) is 1. The molecule has 2 rings (SSSR count). The number of nitrogens with zero attached hydrogens (tertiary/aromatic N) is 1. The summed E-state index contributed by atoms with van der Waals surface area (Å²) in [6.07, 6.45) is 0.208. The Morgan fingerprint density at radius 2 is 1.63 bits per heavy atom. The Balaban J connectivity index is 1.96. The van der Waals surface area contributed by atoms with Gasteiger partial charge in [-0.15, -0.1) is 0 Å². The average Bonchev–Trinajstić information content (AvgIpc) is 2.68. The van der Waals surface area contributed by atoms with Gasteiger partial charge in [-0.2, -0.15) is 0 Å². The van der Waals surface area contributed by atoms with E-state index in [4.69, 9.17) is 30.5 Å². The summed E-state index contributed by atoms with van der Waals surface area (Å²) >= 11 is 6.05. The summed E-state index contributed by atoms with van der Waals surface area (Å²) in [4.78, 5) is 14.1. The van der Waals surface area contributed by atoms with Crippen molar-refractivity contribution in [2.75, 3.05) is 41.5 Å². The normalized spacial score (nSPS) is 10.3. The van der Waals surface area contributed by atoms with Crippen LogP contribution in [-0.2, 0) is 11.2 Å². The molecule has 0 aliphatic heterocycles. The Morgan fingerprint density at radius 3 is 2.19 bits per heavy atom. The van der Waals surface area contributed by atoms with Gasteiger partial charge in [0.1, 0.15) is 12.4 Å². The molecule has 7 heteroatoms. The van der Waals surface area contributed by atoms with Gasteiger partial charge in [-0.1, -0.05) is 23.7 Å². The highest BCUT2D eigenvalue weighted by Gasteiger charge is 2.16. The molecular formula is C20H24ClNO5. The first kappa shape index (κ1) is 20.7. The summed E-state index contributed by atoms with van der Waals surface area (Å²) in [6, 6.07) is 10.8. The molecule has 0 unspecified atom stereocenters. The molecule has 0 saturated heterocycles. The molecular weight excluding hydrogens is 370 g/mol. The maximum atomic E-state index is 12.5. The van der Waals surface area contributed by atoms with E-state index in [1.807, 2.05) is 12.1 Å². The van der Waals surface area contributed by atoms with Crippen LogP contribution in [0.4, 0.5) is 0 Å². The van der Waals surface area contributed by atoms with Crippen LogP contribution in [0.5, 0.6) is 23.0 Å². The third kappa shape index (κ3) is 5.44. The number of hydrogen-bond donors (Lipinski definition) is 0. The van der Waals surface area contributed by atoms with E-state index in [9.17, 15) is 4.79 Å². The molecule has 0 aliphatic rings. The van der Waals surface area contributed by atoms with E-state index in [2.05, 4.69) is 0 Å². The minimum atomic E-state index is -0.0490. The Bertz CT molecular complexity index is 756. The van der Waals surface area contributed by atoms with Gasteiger partial charge >= 0.3 is 0 Å². The van der Waals surface area contributed by atoms with E-state index >= 15 is 0 Å². The molecule has 0 aromatic heterocycles. The van der Waals surface area contributed by atoms with E-state index in [0.29, 0.717) is 41.2 Å². The highest BCUT2D eigenvalue weighted by Crippen LogP contribution is 2.38. The van der Waals surface area contributed by atoms with Crippen molar-refractivity contribution in [2.45, 2.75) is 6.42 Å². The fourth-order valence-electron chi connectivity index (χ4n) is 2.53. The highest BCUT2D eigenvalue weighted by atomic mass is 35.5. The molecule has 0 spiro atoms. The third-order valence-electron chi connectivity index (χ3n) is 4.03. The van der Waals surface area contributed by atoms with Gasteiger partial charge in [0.25, 0.3) is 0 Å². The topological polar surface area (TPSA) is 57.2 Å². The van der Waals surface area contributed by atoms with Crippen LogP contribution in [0.1, 0.15) is 5.56 Å². The van der Waals surface area contributed by atoms with Gasteiger partial charge in [0.05, 0.1) is 39.3 Å². The second kappa shape index (κ2) is 9.92. The Hall–Kier alpha value is -2.60. The van der Waals surface area contributed by atoms with Crippen LogP contribution in [0.25, 0.3) is 0 Å². The molecule has 0 saturated carbocycles. The van der Waals surface area contributed by atoms with Crippen molar-refractivity contribution in [2.24, 2.45) is 0 Å². The van der Waals surface area contributed by atoms with Crippen LogP contribution >= 0.6 is 11.6 Å². The van der Waals surface area contributed by atoms with Crippen molar-refractivity contribution >= 4 is 17.5 Å². The van der Waals surface area contributed by atoms with Crippen LogP contribution < -0.4 is 18.9 Å². The van der Waals surface area contributed by atoms with Gasteiger partial charge in [0.15, 0.2) is 11.5 Å². The molecule has 0 N–H and O–H groups in total. The van der Waals surface area contributed by atoms with Crippen molar-refractivity contribution in [1.29, 1.82) is 0 Å². The Morgan fingerprint density at radius 1 is 1.00 bits per heavy atom. The third-order valence-corrected chi connectivity index (χ3v) is 4.34. The summed E-state index contributed by atoms with van der Waals surface area (Å²) in [5, 5.41) is 0.545. The minimum absolute atomic E-state index is 0.0490. The lowest BCUT2D eigenvalue weighted by Crippen LogP contribution is -2.32. The molecule has 0 bridgehead atoms. The molecule has 27 heavy (non-hydrogen) atoms. The minimum Gasteiger partial charge on any atom is -0.493 e. The first-order valence-electron chi connectivity index (χ1n) is 8.40. The second-order valence-electron chi connectivity index (χ2n) is 5.80. The van der Waals surface area contributed by atoms with Gasteiger partial charge < -0.3 is 23.8 Å².